The fraction of sp³-hybridized carbons (Fsp3) is 0.739. The van der Waals surface area contributed by atoms with E-state index in [2.05, 4.69) is 17.1 Å². The number of fused-ring (bicyclic) bond motifs is 1. The van der Waals surface area contributed by atoms with Crippen LogP contribution in [0.1, 0.15) is 62.5 Å². The largest absolute Gasteiger partial charge is 0.373 e. The van der Waals surface area contributed by atoms with E-state index in [1.165, 1.54) is 0 Å². The first kappa shape index (κ1) is 22.0. The smallest absolute Gasteiger partial charge is 0.236 e. The molecule has 3 aliphatic heterocycles. The molecular formula is C23H36N6O2. The molecule has 8 heteroatoms. The second-order valence-corrected chi connectivity index (χ2v) is 9.43. The number of carbonyl (C=O) groups is 2. The molecule has 1 N–H and O–H groups in total. The third-order valence-electron chi connectivity index (χ3n) is 7.13. The van der Waals surface area contributed by atoms with Crippen molar-refractivity contribution >= 4 is 17.6 Å². The molecule has 2 amide bonds. The van der Waals surface area contributed by atoms with E-state index in [-0.39, 0.29) is 17.7 Å². The van der Waals surface area contributed by atoms with Gasteiger partial charge in [0.15, 0.2) is 0 Å². The number of amides is 2. The molecule has 170 valence electrons. The summed E-state index contributed by atoms with van der Waals surface area (Å²) in [5, 5.41) is 3.22. The first-order valence-electron chi connectivity index (χ1n) is 11.8. The van der Waals surface area contributed by atoms with Gasteiger partial charge >= 0.3 is 0 Å². The number of hydrogen-bond donors (Lipinski definition) is 1. The molecular weight excluding hydrogens is 392 g/mol. The summed E-state index contributed by atoms with van der Waals surface area (Å²) in [6, 6.07) is 0. The number of hydrogen-bond acceptors (Lipinski definition) is 6. The highest BCUT2D eigenvalue weighted by molar-refractivity contribution is 5.78. The Morgan fingerprint density at radius 2 is 1.84 bits per heavy atom. The Morgan fingerprint density at radius 3 is 2.55 bits per heavy atom. The van der Waals surface area contributed by atoms with Crippen molar-refractivity contribution < 1.29 is 9.59 Å². The molecule has 1 aromatic rings. The zero-order valence-corrected chi connectivity index (χ0v) is 19.2. The van der Waals surface area contributed by atoms with Gasteiger partial charge in [-0.1, -0.05) is 6.92 Å². The Hall–Kier alpha value is -2.22. The fourth-order valence-corrected chi connectivity index (χ4v) is 5.05. The molecule has 0 bridgehead atoms. The van der Waals surface area contributed by atoms with Crippen LogP contribution in [0.2, 0.25) is 0 Å². The minimum absolute atomic E-state index is 0.0903. The zero-order chi connectivity index (χ0) is 22.0. The molecule has 0 spiro atoms. The van der Waals surface area contributed by atoms with E-state index in [4.69, 9.17) is 9.97 Å². The third kappa shape index (κ3) is 5.00. The molecule has 4 heterocycles. The number of carbonyl (C=O) groups excluding carboxylic acids is 2. The summed E-state index contributed by atoms with van der Waals surface area (Å²) >= 11 is 0. The van der Waals surface area contributed by atoms with E-state index in [0.29, 0.717) is 19.6 Å². The maximum Gasteiger partial charge on any atom is 0.236 e. The van der Waals surface area contributed by atoms with Crippen LogP contribution in [-0.2, 0) is 22.6 Å². The van der Waals surface area contributed by atoms with Crippen molar-refractivity contribution in [3.63, 3.8) is 0 Å². The van der Waals surface area contributed by atoms with Crippen molar-refractivity contribution in [1.82, 2.24) is 24.7 Å². The van der Waals surface area contributed by atoms with Crippen molar-refractivity contribution in [2.75, 3.05) is 51.6 Å². The van der Waals surface area contributed by atoms with E-state index in [1.807, 2.05) is 16.8 Å². The highest BCUT2D eigenvalue weighted by atomic mass is 16.2. The van der Waals surface area contributed by atoms with Crippen LogP contribution in [0.15, 0.2) is 0 Å². The highest BCUT2D eigenvalue weighted by Crippen LogP contribution is 2.30. The second-order valence-electron chi connectivity index (χ2n) is 9.43. The molecule has 8 nitrogen and oxygen atoms in total. The lowest BCUT2D eigenvalue weighted by atomic mass is 9.96. The normalized spacial score (nSPS) is 22.9. The Labute approximate surface area is 185 Å². The number of likely N-dealkylation sites (tertiary alicyclic amines) is 2. The maximum atomic E-state index is 12.8. The van der Waals surface area contributed by atoms with E-state index in [1.54, 1.807) is 6.92 Å². The summed E-state index contributed by atoms with van der Waals surface area (Å²) in [7, 11) is 1.88. The van der Waals surface area contributed by atoms with E-state index in [9.17, 15) is 9.59 Å². The predicted molar refractivity (Wildman–Crippen MR) is 120 cm³/mol. The molecule has 0 aromatic carbocycles. The average Bonchev–Trinajstić information content (AvgIpc) is 2.78. The van der Waals surface area contributed by atoms with Crippen LogP contribution >= 0.6 is 0 Å². The molecule has 0 radical (unpaired) electrons. The lowest BCUT2D eigenvalue weighted by Crippen LogP contribution is -2.46. The monoisotopic (exact) mass is 428 g/mol. The van der Waals surface area contributed by atoms with Crippen LogP contribution in [0.25, 0.3) is 0 Å². The van der Waals surface area contributed by atoms with Crippen molar-refractivity contribution in [3.05, 3.63) is 17.1 Å². The lowest BCUT2D eigenvalue weighted by molar-refractivity contribution is -0.134. The fourth-order valence-electron chi connectivity index (χ4n) is 5.05. The minimum atomic E-state index is 0.0903. The molecule has 4 rings (SSSR count). The molecule has 1 unspecified atom stereocenters. The topological polar surface area (TPSA) is 81.7 Å². The summed E-state index contributed by atoms with van der Waals surface area (Å²) < 4.78 is 0. The molecule has 3 aliphatic rings. The molecule has 31 heavy (non-hydrogen) atoms. The highest BCUT2D eigenvalue weighted by Gasteiger charge is 2.30. The first-order chi connectivity index (χ1) is 14.9. The predicted octanol–water partition coefficient (Wildman–Crippen LogP) is 1.86. The SMILES string of the molecule is CNc1nc(C2CCCN(CC(=O)N3CCC(C)CC3)C2)nc2c1CN(C(C)=O)CC2. The van der Waals surface area contributed by atoms with Crippen molar-refractivity contribution in [2.24, 2.45) is 5.92 Å². The second kappa shape index (κ2) is 9.51. The van der Waals surface area contributed by atoms with Gasteiger partial charge in [-0.25, -0.2) is 9.97 Å². The van der Waals surface area contributed by atoms with E-state index >= 15 is 0 Å². The van der Waals surface area contributed by atoms with Gasteiger partial charge in [-0.05, 0) is 38.1 Å². The van der Waals surface area contributed by atoms with E-state index < -0.39 is 0 Å². The van der Waals surface area contributed by atoms with Crippen LogP contribution in [-0.4, -0.2) is 82.8 Å². The molecule has 0 aliphatic carbocycles. The van der Waals surface area contributed by atoms with Crippen LogP contribution in [0.5, 0.6) is 0 Å². The molecule has 1 atom stereocenters. The van der Waals surface area contributed by atoms with Gasteiger partial charge in [-0.15, -0.1) is 0 Å². The van der Waals surface area contributed by atoms with Crippen molar-refractivity contribution in [3.8, 4) is 0 Å². The average molecular weight is 429 g/mol. The van der Waals surface area contributed by atoms with Gasteiger partial charge in [0, 0.05) is 58.1 Å². The number of aromatic nitrogens is 2. The van der Waals surface area contributed by atoms with Crippen LogP contribution in [0, 0.1) is 5.92 Å². The van der Waals surface area contributed by atoms with Gasteiger partial charge in [-0.3, -0.25) is 14.5 Å². The van der Waals surface area contributed by atoms with Gasteiger partial charge in [0.2, 0.25) is 11.8 Å². The third-order valence-corrected chi connectivity index (χ3v) is 7.13. The van der Waals surface area contributed by atoms with E-state index in [0.717, 1.165) is 87.1 Å². The number of anilines is 1. The van der Waals surface area contributed by atoms with Gasteiger partial charge < -0.3 is 15.1 Å². The Bertz CT molecular complexity index is 803. The number of nitrogens with zero attached hydrogens (tertiary/aromatic N) is 5. The number of piperidine rings is 2. The summed E-state index contributed by atoms with van der Waals surface area (Å²) in [5.74, 6) is 3.04. The number of nitrogens with one attached hydrogen (secondary N) is 1. The zero-order valence-electron chi connectivity index (χ0n) is 19.2. The van der Waals surface area contributed by atoms with Crippen LogP contribution in [0.3, 0.4) is 0 Å². The Morgan fingerprint density at radius 1 is 1.06 bits per heavy atom. The van der Waals surface area contributed by atoms with Crippen LogP contribution in [0.4, 0.5) is 5.82 Å². The summed E-state index contributed by atoms with van der Waals surface area (Å²) in [4.78, 5) is 40.6. The Kier molecular flexibility index (Phi) is 6.74. The summed E-state index contributed by atoms with van der Waals surface area (Å²) in [6.07, 6.45) is 5.10. The minimum Gasteiger partial charge on any atom is -0.373 e. The Balaban J connectivity index is 1.43. The molecule has 2 saturated heterocycles. The standard InChI is InChI=1S/C23H36N6O2/c1-16-6-10-28(11-7-16)21(31)15-27-9-4-5-18(13-27)22-25-20-8-12-29(17(2)30)14-19(20)23(24-3)26-22/h16,18H,4-15H2,1-3H3,(H,24,25,26). The molecule has 2 fully saturated rings. The quantitative estimate of drug-likeness (QED) is 0.788. The number of rotatable bonds is 4. The van der Waals surface area contributed by atoms with Gasteiger partial charge in [0.25, 0.3) is 0 Å². The van der Waals surface area contributed by atoms with Crippen molar-refractivity contribution in [2.45, 2.75) is 58.4 Å². The van der Waals surface area contributed by atoms with Crippen LogP contribution < -0.4 is 5.32 Å². The van der Waals surface area contributed by atoms with Gasteiger partial charge in [-0.2, -0.15) is 0 Å². The van der Waals surface area contributed by atoms with Gasteiger partial charge in [0.05, 0.1) is 18.8 Å². The maximum absolute atomic E-state index is 12.8. The first-order valence-corrected chi connectivity index (χ1v) is 11.8. The summed E-state index contributed by atoms with van der Waals surface area (Å²) in [6.45, 7) is 9.25. The summed E-state index contributed by atoms with van der Waals surface area (Å²) in [5.41, 5.74) is 2.09. The molecule has 0 saturated carbocycles. The molecule has 1 aromatic heterocycles. The van der Waals surface area contributed by atoms with Crippen molar-refractivity contribution in [1.29, 1.82) is 0 Å². The lowest BCUT2D eigenvalue weighted by Gasteiger charge is -2.35. The van der Waals surface area contributed by atoms with Gasteiger partial charge in [0.1, 0.15) is 11.6 Å².